The van der Waals surface area contributed by atoms with Crippen LogP contribution in [0.1, 0.15) is 35.8 Å². The minimum Gasteiger partial charge on any atom is -0.463 e. The maximum absolute atomic E-state index is 12.7. The summed E-state index contributed by atoms with van der Waals surface area (Å²) in [6.45, 7) is 6.17. The Labute approximate surface area is 188 Å². The van der Waals surface area contributed by atoms with Crippen LogP contribution in [0, 0.1) is 19.8 Å². The van der Waals surface area contributed by atoms with Crippen molar-refractivity contribution in [1.82, 2.24) is 19.6 Å². The van der Waals surface area contributed by atoms with E-state index in [1.165, 1.54) is 0 Å². The van der Waals surface area contributed by atoms with Gasteiger partial charge < -0.3 is 4.42 Å². The highest BCUT2D eigenvalue weighted by Crippen LogP contribution is 2.41. The highest BCUT2D eigenvalue weighted by molar-refractivity contribution is 7.89. The van der Waals surface area contributed by atoms with Gasteiger partial charge in [-0.1, -0.05) is 17.7 Å². The normalized spacial score (nSPS) is 25.2. The molecule has 8 heteroatoms. The van der Waals surface area contributed by atoms with E-state index in [1.807, 2.05) is 44.2 Å². The summed E-state index contributed by atoms with van der Waals surface area (Å²) in [6.07, 6.45) is 3.72. The number of piperidine rings is 3. The van der Waals surface area contributed by atoms with E-state index >= 15 is 0 Å². The average molecular weight is 453 g/mol. The highest BCUT2D eigenvalue weighted by atomic mass is 32.2. The van der Waals surface area contributed by atoms with E-state index in [2.05, 4.69) is 14.6 Å². The second-order valence-electron chi connectivity index (χ2n) is 8.91. The number of sulfonamides is 1. The van der Waals surface area contributed by atoms with E-state index in [0.717, 1.165) is 54.5 Å². The van der Waals surface area contributed by atoms with Crippen molar-refractivity contribution in [2.24, 2.45) is 5.92 Å². The van der Waals surface area contributed by atoms with Gasteiger partial charge in [0.2, 0.25) is 10.0 Å². The van der Waals surface area contributed by atoms with Crippen molar-refractivity contribution in [3.8, 4) is 11.5 Å². The Balaban J connectivity index is 1.29. The van der Waals surface area contributed by atoms with Crippen LogP contribution in [0.25, 0.3) is 11.5 Å². The molecule has 3 fully saturated rings. The van der Waals surface area contributed by atoms with Gasteiger partial charge in [0.15, 0.2) is 5.76 Å². The number of hydrogen-bond donors (Lipinski definition) is 1. The molecule has 168 valence electrons. The molecule has 0 radical (unpaired) electrons. The van der Waals surface area contributed by atoms with Crippen LogP contribution in [0.3, 0.4) is 0 Å². The molecular formula is C24H28N4O3S. The Kier molecular flexibility index (Phi) is 5.61. The molecule has 7 nitrogen and oxygen atoms in total. The van der Waals surface area contributed by atoms with Crippen LogP contribution in [0.2, 0.25) is 0 Å². The molecule has 5 heterocycles. The van der Waals surface area contributed by atoms with Crippen LogP contribution in [-0.2, 0) is 10.0 Å². The molecule has 3 saturated heterocycles. The molecule has 0 amide bonds. The van der Waals surface area contributed by atoms with Gasteiger partial charge in [-0.25, -0.2) is 23.1 Å². The predicted molar refractivity (Wildman–Crippen MR) is 122 cm³/mol. The lowest BCUT2D eigenvalue weighted by Gasteiger charge is -2.49. The molecule has 3 aliphatic heterocycles. The molecule has 2 aromatic heterocycles. The zero-order chi connectivity index (χ0) is 22.3. The number of aromatic nitrogens is 2. The third kappa shape index (κ3) is 4.22. The van der Waals surface area contributed by atoms with Crippen LogP contribution in [0.15, 0.2) is 58.0 Å². The lowest BCUT2D eigenvalue weighted by molar-refractivity contribution is 0.0317. The van der Waals surface area contributed by atoms with Crippen LogP contribution in [0.5, 0.6) is 0 Å². The molecule has 4 atom stereocenters. The zero-order valence-electron chi connectivity index (χ0n) is 18.4. The third-order valence-electron chi connectivity index (χ3n) is 6.73. The summed E-state index contributed by atoms with van der Waals surface area (Å²) in [7, 11) is -3.50. The molecular weight excluding hydrogens is 424 g/mol. The Bertz CT molecular complexity index is 1190. The second kappa shape index (κ2) is 8.42. The maximum atomic E-state index is 12.7. The quantitative estimate of drug-likeness (QED) is 0.616. The van der Waals surface area contributed by atoms with E-state index in [-0.39, 0.29) is 6.04 Å². The van der Waals surface area contributed by atoms with E-state index in [9.17, 15) is 8.42 Å². The van der Waals surface area contributed by atoms with Gasteiger partial charge in [-0.15, -0.1) is 0 Å². The predicted octanol–water partition coefficient (Wildman–Crippen LogP) is 3.51. The number of aryl methyl sites for hydroxylation is 2. The number of fused-ring (bicyclic) bond motifs is 3. The van der Waals surface area contributed by atoms with Crippen molar-refractivity contribution in [2.75, 3.05) is 19.6 Å². The second-order valence-corrected chi connectivity index (χ2v) is 10.7. The summed E-state index contributed by atoms with van der Waals surface area (Å²) in [4.78, 5) is 12.0. The molecule has 0 saturated carbocycles. The number of furan rings is 1. The molecule has 0 spiro atoms. The molecule has 0 aliphatic carbocycles. The first kappa shape index (κ1) is 21.3. The standard InChI is InChI=1S/C24H28N4O3S/c1-16-5-7-20(8-6-16)32(29,30)25-14-19-12-18-9-10-28(19)15-21(18)22-13-23(27-17(2)26-22)24-4-3-11-31-24/h3-8,11,13,18-19,21,25H,9-10,12,14-15H2,1-2H3/t18-,19+,21-/m0/s1. The number of hydrogen-bond acceptors (Lipinski definition) is 6. The van der Waals surface area contributed by atoms with Gasteiger partial charge in [0.05, 0.1) is 11.2 Å². The number of nitrogens with one attached hydrogen (secondary N) is 1. The summed E-state index contributed by atoms with van der Waals surface area (Å²) in [5, 5.41) is 0. The topological polar surface area (TPSA) is 88.3 Å². The zero-order valence-corrected chi connectivity index (χ0v) is 19.2. The van der Waals surface area contributed by atoms with Crippen LogP contribution in [0.4, 0.5) is 0 Å². The first-order chi connectivity index (χ1) is 15.4. The van der Waals surface area contributed by atoms with E-state index in [4.69, 9.17) is 9.40 Å². The summed E-state index contributed by atoms with van der Waals surface area (Å²) in [6, 6.07) is 13.0. The molecule has 3 aromatic rings. The Morgan fingerprint density at radius 3 is 2.66 bits per heavy atom. The van der Waals surface area contributed by atoms with Crippen LogP contribution < -0.4 is 4.72 Å². The smallest absolute Gasteiger partial charge is 0.240 e. The van der Waals surface area contributed by atoms with E-state index in [1.54, 1.807) is 18.4 Å². The van der Waals surface area contributed by atoms with Crippen LogP contribution >= 0.6 is 0 Å². The lowest BCUT2D eigenvalue weighted by atomic mass is 9.74. The maximum Gasteiger partial charge on any atom is 0.240 e. The summed E-state index contributed by atoms with van der Waals surface area (Å²) >= 11 is 0. The van der Waals surface area contributed by atoms with Crippen molar-refractivity contribution in [3.63, 3.8) is 0 Å². The van der Waals surface area contributed by atoms with Crippen molar-refractivity contribution in [2.45, 2.75) is 43.5 Å². The Morgan fingerprint density at radius 1 is 1.16 bits per heavy atom. The fraction of sp³-hybridized carbons (Fsp3) is 0.417. The van der Waals surface area contributed by atoms with Gasteiger partial charge >= 0.3 is 0 Å². The molecule has 1 aromatic carbocycles. The van der Waals surface area contributed by atoms with Gasteiger partial charge in [-0.3, -0.25) is 4.90 Å². The SMILES string of the molecule is Cc1ccc(S(=O)(=O)NC[C@H]2C[C@@H]3CCN2C[C@@H]3c2cc(-c3ccco3)nc(C)n2)cc1. The van der Waals surface area contributed by atoms with Gasteiger partial charge in [0.1, 0.15) is 11.5 Å². The van der Waals surface area contributed by atoms with Gasteiger partial charge in [0, 0.05) is 30.7 Å². The number of benzene rings is 1. The summed E-state index contributed by atoms with van der Waals surface area (Å²) in [5.74, 6) is 2.30. The van der Waals surface area contributed by atoms with E-state index in [0.29, 0.717) is 23.3 Å². The minimum absolute atomic E-state index is 0.206. The average Bonchev–Trinajstić information content (AvgIpc) is 3.33. The summed E-state index contributed by atoms with van der Waals surface area (Å²) in [5.41, 5.74) is 2.91. The molecule has 2 bridgehead atoms. The van der Waals surface area contributed by atoms with Crippen LogP contribution in [-0.4, -0.2) is 49.0 Å². The number of rotatable bonds is 6. The van der Waals surface area contributed by atoms with Gasteiger partial charge in [-0.2, -0.15) is 0 Å². The van der Waals surface area contributed by atoms with Crippen molar-refractivity contribution in [1.29, 1.82) is 0 Å². The lowest BCUT2D eigenvalue weighted by Crippen LogP contribution is -2.56. The fourth-order valence-electron chi connectivity index (χ4n) is 5.02. The van der Waals surface area contributed by atoms with Gasteiger partial charge in [-0.05, 0) is 69.5 Å². The van der Waals surface area contributed by atoms with Gasteiger partial charge in [0.25, 0.3) is 0 Å². The fourth-order valence-corrected chi connectivity index (χ4v) is 6.10. The van der Waals surface area contributed by atoms with E-state index < -0.39 is 10.0 Å². The minimum atomic E-state index is -3.50. The number of nitrogens with zero attached hydrogens (tertiary/aromatic N) is 3. The van der Waals surface area contributed by atoms with Crippen molar-refractivity contribution in [3.05, 3.63) is 65.8 Å². The third-order valence-corrected chi connectivity index (χ3v) is 8.17. The molecule has 1 unspecified atom stereocenters. The largest absolute Gasteiger partial charge is 0.463 e. The molecule has 32 heavy (non-hydrogen) atoms. The monoisotopic (exact) mass is 452 g/mol. The Hall–Kier alpha value is -2.55. The first-order valence-electron chi connectivity index (χ1n) is 11.1. The summed E-state index contributed by atoms with van der Waals surface area (Å²) < 4.78 is 33.8. The highest BCUT2D eigenvalue weighted by Gasteiger charge is 2.41. The van der Waals surface area contributed by atoms with Crippen molar-refractivity contribution < 1.29 is 12.8 Å². The first-order valence-corrected chi connectivity index (χ1v) is 12.6. The molecule has 3 aliphatic rings. The Morgan fingerprint density at radius 2 is 1.97 bits per heavy atom. The van der Waals surface area contributed by atoms with Crippen molar-refractivity contribution >= 4 is 10.0 Å². The molecule has 6 rings (SSSR count). The molecule has 1 N–H and O–H groups in total.